The van der Waals surface area contributed by atoms with Crippen LogP contribution in [0, 0.1) is 0 Å². The minimum absolute atomic E-state index is 0.466. The molecule has 1 aliphatic heterocycles. The lowest BCUT2D eigenvalue weighted by Crippen LogP contribution is -2.38. The number of piperidine rings is 1. The molecule has 26 heavy (non-hydrogen) atoms. The average Bonchev–Trinajstić information content (AvgIpc) is 2.67. The number of nitrogens with zero attached hydrogens (tertiary/aromatic N) is 2. The van der Waals surface area contributed by atoms with Gasteiger partial charge in [0.1, 0.15) is 5.75 Å². The van der Waals surface area contributed by atoms with Gasteiger partial charge in [0.15, 0.2) is 0 Å². The van der Waals surface area contributed by atoms with E-state index in [0.717, 1.165) is 65.7 Å². The second-order valence-corrected chi connectivity index (χ2v) is 7.32. The average molecular weight is 370 g/mol. The van der Waals surface area contributed by atoms with Crippen LogP contribution in [0.2, 0.25) is 5.02 Å². The Hall–Kier alpha value is -2.04. The molecule has 136 valence electrons. The van der Waals surface area contributed by atoms with E-state index in [1.807, 2.05) is 24.3 Å². The number of benzene rings is 2. The van der Waals surface area contributed by atoms with Gasteiger partial charge in [0.2, 0.25) is 0 Å². The smallest absolute Gasteiger partial charge is 0.119 e. The van der Waals surface area contributed by atoms with Crippen molar-refractivity contribution in [3.63, 3.8) is 0 Å². The van der Waals surface area contributed by atoms with Crippen LogP contribution in [0.1, 0.15) is 19.8 Å². The fourth-order valence-corrected chi connectivity index (χ4v) is 3.94. The van der Waals surface area contributed by atoms with E-state index in [1.165, 1.54) is 0 Å². The van der Waals surface area contributed by atoms with Gasteiger partial charge in [-0.1, -0.05) is 18.5 Å². The first-order chi connectivity index (χ1) is 12.7. The SMILES string of the molecule is CCN1CCC(Nc2c3ccc(Cl)cc3nc3ccc(OC)cc23)CC1. The Bertz CT molecular complexity index is 935. The van der Waals surface area contributed by atoms with E-state index >= 15 is 0 Å². The molecule has 0 saturated carbocycles. The van der Waals surface area contributed by atoms with Crippen LogP contribution in [0.25, 0.3) is 21.8 Å². The lowest BCUT2D eigenvalue weighted by molar-refractivity contribution is 0.230. The Morgan fingerprint density at radius 3 is 2.65 bits per heavy atom. The van der Waals surface area contributed by atoms with Crippen LogP contribution in [0.5, 0.6) is 5.75 Å². The van der Waals surface area contributed by atoms with Crippen molar-refractivity contribution in [3.05, 3.63) is 41.4 Å². The molecule has 0 radical (unpaired) electrons. The highest BCUT2D eigenvalue weighted by Crippen LogP contribution is 2.35. The molecular formula is C21H24ClN3O. The number of halogens is 1. The summed E-state index contributed by atoms with van der Waals surface area (Å²) in [6.07, 6.45) is 2.30. The minimum Gasteiger partial charge on any atom is -0.497 e. The van der Waals surface area contributed by atoms with Gasteiger partial charge in [-0.2, -0.15) is 0 Å². The molecule has 0 spiro atoms. The van der Waals surface area contributed by atoms with Crippen molar-refractivity contribution in [3.8, 4) is 5.75 Å². The van der Waals surface area contributed by atoms with Gasteiger partial charge in [0.25, 0.3) is 0 Å². The Kier molecular flexibility index (Phi) is 4.88. The summed E-state index contributed by atoms with van der Waals surface area (Å²) >= 11 is 6.21. The number of hydrogen-bond acceptors (Lipinski definition) is 4. The van der Waals surface area contributed by atoms with E-state index in [1.54, 1.807) is 7.11 Å². The highest BCUT2D eigenvalue weighted by atomic mass is 35.5. The zero-order chi connectivity index (χ0) is 18.1. The maximum Gasteiger partial charge on any atom is 0.119 e. The molecular weight excluding hydrogens is 346 g/mol. The number of pyridine rings is 1. The van der Waals surface area contributed by atoms with Gasteiger partial charge in [-0.15, -0.1) is 0 Å². The fourth-order valence-electron chi connectivity index (χ4n) is 3.78. The molecule has 1 fully saturated rings. The van der Waals surface area contributed by atoms with Gasteiger partial charge in [-0.05, 0) is 55.8 Å². The summed E-state index contributed by atoms with van der Waals surface area (Å²) in [6, 6.07) is 12.4. The van der Waals surface area contributed by atoms with Crippen molar-refractivity contribution < 1.29 is 4.74 Å². The summed E-state index contributed by atoms with van der Waals surface area (Å²) in [5, 5.41) is 6.72. The van der Waals surface area contributed by atoms with Crippen molar-refractivity contribution in [1.82, 2.24) is 9.88 Å². The quantitative estimate of drug-likeness (QED) is 0.660. The molecule has 0 unspecified atom stereocenters. The minimum atomic E-state index is 0.466. The molecule has 0 aliphatic carbocycles. The summed E-state index contributed by atoms with van der Waals surface area (Å²) in [5.41, 5.74) is 3.01. The van der Waals surface area contributed by atoms with E-state index in [0.29, 0.717) is 11.1 Å². The van der Waals surface area contributed by atoms with Gasteiger partial charge in [-0.3, -0.25) is 0 Å². The lowest BCUT2D eigenvalue weighted by atomic mass is 10.0. The highest BCUT2D eigenvalue weighted by Gasteiger charge is 2.20. The summed E-state index contributed by atoms with van der Waals surface area (Å²) in [7, 11) is 1.70. The van der Waals surface area contributed by atoms with E-state index in [-0.39, 0.29) is 0 Å². The van der Waals surface area contributed by atoms with Crippen LogP contribution in [0.15, 0.2) is 36.4 Å². The number of ether oxygens (including phenoxy) is 1. The molecule has 1 N–H and O–H groups in total. The number of hydrogen-bond donors (Lipinski definition) is 1. The van der Waals surface area contributed by atoms with Crippen LogP contribution in [0.4, 0.5) is 5.69 Å². The summed E-state index contributed by atoms with van der Waals surface area (Å²) in [4.78, 5) is 7.31. The van der Waals surface area contributed by atoms with E-state index in [2.05, 4.69) is 29.3 Å². The molecule has 2 heterocycles. The molecule has 0 atom stereocenters. The number of anilines is 1. The zero-order valence-electron chi connectivity index (χ0n) is 15.3. The second kappa shape index (κ2) is 7.29. The largest absolute Gasteiger partial charge is 0.497 e. The first kappa shape index (κ1) is 17.4. The number of likely N-dealkylation sites (tertiary alicyclic amines) is 1. The number of aromatic nitrogens is 1. The van der Waals surface area contributed by atoms with Gasteiger partial charge in [0.05, 0.1) is 23.8 Å². The Morgan fingerprint density at radius 1 is 1.12 bits per heavy atom. The molecule has 4 nitrogen and oxygen atoms in total. The molecule has 4 rings (SSSR count). The zero-order valence-corrected chi connectivity index (χ0v) is 16.0. The molecule has 0 amide bonds. The maximum absolute atomic E-state index is 6.21. The Labute approximate surface area is 159 Å². The third-order valence-corrected chi connectivity index (χ3v) is 5.56. The molecule has 1 aliphatic rings. The fraction of sp³-hybridized carbons (Fsp3) is 0.381. The summed E-state index contributed by atoms with van der Waals surface area (Å²) in [5.74, 6) is 0.844. The van der Waals surface area contributed by atoms with Crippen LogP contribution in [0.3, 0.4) is 0 Å². The number of fused-ring (bicyclic) bond motifs is 2. The first-order valence-electron chi connectivity index (χ1n) is 9.24. The first-order valence-corrected chi connectivity index (χ1v) is 9.61. The number of rotatable bonds is 4. The Morgan fingerprint density at radius 2 is 1.92 bits per heavy atom. The van der Waals surface area contributed by atoms with Crippen molar-refractivity contribution in [2.45, 2.75) is 25.8 Å². The number of methoxy groups -OCH3 is 1. The molecule has 3 aromatic rings. The van der Waals surface area contributed by atoms with Crippen LogP contribution in [-0.2, 0) is 0 Å². The Balaban J connectivity index is 1.80. The number of nitrogens with one attached hydrogen (secondary N) is 1. The van der Waals surface area contributed by atoms with Gasteiger partial charge >= 0.3 is 0 Å². The van der Waals surface area contributed by atoms with Crippen molar-refractivity contribution in [2.75, 3.05) is 32.1 Å². The molecule has 1 saturated heterocycles. The van der Waals surface area contributed by atoms with E-state index in [9.17, 15) is 0 Å². The molecule has 2 aromatic carbocycles. The molecule has 1 aromatic heterocycles. The van der Waals surface area contributed by atoms with E-state index in [4.69, 9.17) is 21.3 Å². The third kappa shape index (κ3) is 3.31. The normalized spacial score (nSPS) is 16.3. The lowest BCUT2D eigenvalue weighted by Gasteiger charge is -2.32. The van der Waals surface area contributed by atoms with Gasteiger partial charge < -0.3 is 15.0 Å². The summed E-state index contributed by atoms with van der Waals surface area (Å²) < 4.78 is 5.44. The second-order valence-electron chi connectivity index (χ2n) is 6.88. The topological polar surface area (TPSA) is 37.4 Å². The molecule has 0 bridgehead atoms. The van der Waals surface area contributed by atoms with Gasteiger partial charge in [-0.25, -0.2) is 4.98 Å². The highest BCUT2D eigenvalue weighted by molar-refractivity contribution is 6.31. The molecule has 5 heteroatoms. The monoisotopic (exact) mass is 369 g/mol. The van der Waals surface area contributed by atoms with Crippen molar-refractivity contribution >= 4 is 39.1 Å². The van der Waals surface area contributed by atoms with Gasteiger partial charge in [0, 0.05) is 34.9 Å². The van der Waals surface area contributed by atoms with Crippen molar-refractivity contribution in [1.29, 1.82) is 0 Å². The standard InChI is InChI=1S/C21H24ClN3O/c1-3-25-10-8-15(9-11-25)23-21-17-6-4-14(22)12-20(17)24-19-7-5-16(26-2)13-18(19)21/h4-7,12-13,15H,3,8-11H2,1-2H3,(H,23,24). The third-order valence-electron chi connectivity index (χ3n) is 5.33. The van der Waals surface area contributed by atoms with E-state index < -0.39 is 0 Å². The van der Waals surface area contributed by atoms with Crippen LogP contribution in [-0.4, -0.2) is 42.7 Å². The van der Waals surface area contributed by atoms with Crippen LogP contribution >= 0.6 is 11.6 Å². The maximum atomic E-state index is 6.21. The van der Waals surface area contributed by atoms with Crippen molar-refractivity contribution in [2.24, 2.45) is 0 Å². The predicted molar refractivity (Wildman–Crippen MR) is 110 cm³/mol. The van der Waals surface area contributed by atoms with Crippen LogP contribution < -0.4 is 10.1 Å². The summed E-state index contributed by atoms with van der Waals surface area (Å²) in [6.45, 7) is 5.64. The predicted octanol–water partition coefficient (Wildman–Crippen LogP) is 4.95.